The Labute approximate surface area is 84.3 Å². The molecule has 4 nitrogen and oxygen atoms in total. The second kappa shape index (κ2) is 4.60. The number of nitrogens with zero attached hydrogens (tertiary/aromatic N) is 2. The summed E-state index contributed by atoms with van der Waals surface area (Å²) < 4.78 is 0. The van der Waals surface area contributed by atoms with Crippen molar-refractivity contribution in [2.45, 2.75) is 6.92 Å². The van der Waals surface area contributed by atoms with Crippen LogP contribution in [0.1, 0.15) is 6.92 Å². The third-order valence-electron chi connectivity index (χ3n) is 2.12. The number of rotatable bonds is 4. The minimum Gasteiger partial charge on any atom is -0.387 e. The standard InChI is InChI=1S/C10H16N4/c1-8(10(11)12)7-14(2)9-5-3-4-6-13-9/h3-6,8H,7H2,1-2H3,(H3,11,12). The van der Waals surface area contributed by atoms with E-state index in [1.807, 2.05) is 37.1 Å². The average molecular weight is 192 g/mol. The second-order valence-corrected chi connectivity index (χ2v) is 3.42. The van der Waals surface area contributed by atoms with Crippen LogP contribution in [-0.2, 0) is 0 Å². The van der Waals surface area contributed by atoms with Gasteiger partial charge in [0.2, 0.25) is 0 Å². The highest BCUT2D eigenvalue weighted by molar-refractivity contribution is 5.79. The monoisotopic (exact) mass is 192 g/mol. The van der Waals surface area contributed by atoms with Crippen LogP contribution in [0.4, 0.5) is 5.82 Å². The summed E-state index contributed by atoms with van der Waals surface area (Å²) in [5.74, 6) is 1.18. The zero-order chi connectivity index (χ0) is 10.6. The predicted molar refractivity (Wildman–Crippen MR) is 58.6 cm³/mol. The fourth-order valence-corrected chi connectivity index (χ4v) is 1.18. The topological polar surface area (TPSA) is 66.0 Å². The summed E-state index contributed by atoms with van der Waals surface area (Å²) in [4.78, 5) is 6.20. The Bertz CT molecular complexity index is 296. The Morgan fingerprint density at radius 3 is 2.86 bits per heavy atom. The van der Waals surface area contributed by atoms with Gasteiger partial charge in [-0.2, -0.15) is 0 Å². The Morgan fingerprint density at radius 2 is 2.36 bits per heavy atom. The Kier molecular flexibility index (Phi) is 3.45. The van der Waals surface area contributed by atoms with Gasteiger partial charge in [-0.05, 0) is 12.1 Å². The van der Waals surface area contributed by atoms with Crippen molar-refractivity contribution in [1.29, 1.82) is 5.41 Å². The molecule has 0 fully saturated rings. The SMILES string of the molecule is CC(CN(C)c1ccccn1)C(=N)N. The Hall–Kier alpha value is -1.58. The zero-order valence-electron chi connectivity index (χ0n) is 8.57. The van der Waals surface area contributed by atoms with Crippen LogP contribution in [0.5, 0.6) is 0 Å². The van der Waals surface area contributed by atoms with Crippen molar-refractivity contribution in [3.8, 4) is 0 Å². The van der Waals surface area contributed by atoms with Gasteiger partial charge in [-0.1, -0.05) is 13.0 Å². The molecule has 0 saturated carbocycles. The predicted octanol–water partition coefficient (Wildman–Crippen LogP) is 1.09. The van der Waals surface area contributed by atoms with Gasteiger partial charge >= 0.3 is 0 Å². The minimum atomic E-state index is 0.0574. The zero-order valence-corrected chi connectivity index (χ0v) is 8.57. The van der Waals surface area contributed by atoms with Crippen molar-refractivity contribution in [1.82, 2.24) is 4.98 Å². The van der Waals surface area contributed by atoms with Crippen molar-refractivity contribution in [2.24, 2.45) is 11.7 Å². The van der Waals surface area contributed by atoms with Crippen LogP contribution >= 0.6 is 0 Å². The molecule has 4 heteroatoms. The number of nitrogens with two attached hydrogens (primary N) is 1. The number of anilines is 1. The van der Waals surface area contributed by atoms with Crippen LogP contribution < -0.4 is 10.6 Å². The van der Waals surface area contributed by atoms with Gasteiger partial charge in [-0.3, -0.25) is 5.41 Å². The average Bonchev–Trinajstić information content (AvgIpc) is 2.19. The fourth-order valence-electron chi connectivity index (χ4n) is 1.18. The van der Waals surface area contributed by atoms with Crippen LogP contribution in [0.25, 0.3) is 0 Å². The third kappa shape index (κ3) is 2.73. The lowest BCUT2D eigenvalue weighted by Crippen LogP contribution is -2.32. The van der Waals surface area contributed by atoms with Gasteiger partial charge in [0.15, 0.2) is 0 Å². The highest BCUT2D eigenvalue weighted by Gasteiger charge is 2.09. The first-order chi connectivity index (χ1) is 6.61. The number of hydrogen-bond donors (Lipinski definition) is 2. The number of hydrogen-bond acceptors (Lipinski definition) is 3. The van der Waals surface area contributed by atoms with E-state index >= 15 is 0 Å². The van der Waals surface area contributed by atoms with Crippen molar-refractivity contribution in [3.63, 3.8) is 0 Å². The third-order valence-corrected chi connectivity index (χ3v) is 2.12. The van der Waals surface area contributed by atoms with Crippen molar-refractivity contribution >= 4 is 11.7 Å². The Balaban J connectivity index is 2.59. The molecule has 0 aliphatic heterocycles. The molecule has 0 spiro atoms. The van der Waals surface area contributed by atoms with Crippen LogP contribution in [0.2, 0.25) is 0 Å². The molecule has 1 aromatic heterocycles. The molecular weight excluding hydrogens is 176 g/mol. The lowest BCUT2D eigenvalue weighted by atomic mass is 10.1. The molecule has 1 heterocycles. The maximum absolute atomic E-state index is 7.29. The molecule has 3 N–H and O–H groups in total. The van der Waals surface area contributed by atoms with E-state index in [1.54, 1.807) is 6.20 Å². The second-order valence-electron chi connectivity index (χ2n) is 3.42. The van der Waals surface area contributed by atoms with E-state index in [4.69, 9.17) is 11.1 Å². The van der Waals surface area contributed by atoms with Gasteiger partial charge in [0.05, 0.1) is 5.84 Å². The smallest absolute Gasteiger partial charge is 0.128 e. The lowest BCUT2D eigenvalue weighted by Gasteiger charge is -2.21. The molecule has 0 aromatic carbocycles. The van der Waals surface area contributed by atoms with E-state index in [0.29, 0.717) is 6.54 Å². The highest BCUT2D eigenvalue weighted by Crippen LogP contribution is 2.08. The lowest BCUT2D eigenvalue weighted by molar-refractivity contribution is 0.723. The van der Waals surface area contributed by atoms with Gasteiger partial charge < -0.3 is 10.6 Å². The fraction of sp³-hybridized carbons (Fsp3) is 0.400. The van der Waals surface area contributed by atoms with Crippen LogP contribution in [0, 0.1) is 11.3 Å². The molecule has 1 atom stereocenters. The maximum Gasteiger partial charge on any atom is 0.128 e. The van der Waals surface area contributed by atoms with Gasteiger partial charge in [-0.15, -0.1) is 0 Å². The molecule has 0 amide bonds. The van der Waals surface area contributed by atoms with Crippen LogP contribution in [0.3, 0.4) is 0 Å². The largest absolute Gasteiger partial charge is 0.387 e. The minimum absolute atomic E-state index is 0.0574. The molecule has 0 radical (unpaired) electrons. The Morgan fingerprint density at radius 1 is 1.64 bits per heavy atom. The molecule has 1 unspecified atom stereocenters. The van der Waals surface area contributed by atoms with Crippen molar-refractivity contribution in [3.05, 3.63) is 24.4 Å². The molecule has 0 bridgehead atoms. The molecule has 0 saturated heterocycles. The van der Waals surface area contributed by atoms with Gasteiger partial charge in [0.25, 0.3) is 0 Å². The van der Waals surface area contributed by atoms with E-state index in [2.05, 4.69) is 4.98 Å². The summed E-state index contributed by atoms with van der Waals surface area (Å²) in [5, 5.41) is 7.29. The van der Waals surface area contributed by atoms with Gasteiger partial charge in [0, 0.05) is 25.7 Å². The van der Waals surface area contributed by atoms with E-state index in [0.717, 1.165) is 5.82 Å². The first kappa shape index (κ1) is 10.5. The first-order valence-corrected chi connectivity index (χ1v) is 4.57. The summed E-state index contributed by atoms with van der Waals surface area (Å²) in [6, 6.07) is 5.76. The van der Waals surface area contributed by atoms with E-state index in [9.17, 15) is 0 Å². The van der Waals surface area contributed by atoms with Gasteiger partial charge in [0.1, 0.15) is 5.82 Å². The van der Waals surface area contributed by atoms with Crippen LogP contribution in [-0.4, -0.2) is 24.4 Å². The van der Waals surface area contributed by atoms with E-state index < -0.39 is 0 Å². The molecule has 1 aromatic rings. The summed E-state index contributed by atoms with van der Waals surface area (Å²) in [5.41, 5.74) is 5.40. The first-order valence-electron chi connectivity index (χ1n) is 4.57. The maximum atomic E-state index is 7.29. The van der Waals surface area contributed by atoms with Crippen molar-refractivity contribution in [2.75, 3.05) is 18.5 Å². The molecule has 76 valence electrons. The molecule has 0 aliphatic rings. The summed E-state index contributed by atoms with van der Waals surface area (Å²) in [6.45, 7) is 2.65. The van der Waals surface area contributed by atoms with E-state index in [-0.39, 0.29) is 11.8 Å². The van der Waals surface area contributed by atoms with Crippen LogP contribution in [0.15, 0.2) is 24.4 Å². The molecule has 14 heavy (non-hydrogen) atoms. The summed E-state index contributed by atoms with van der Waals surface area (Å²) in [7, 11) is 1.95. The van der Waals surface area contributed by atoms with E-state index in [1.165, 1.54) is 0 Å². The van der Waals surface area contributed by atoms with Crippen molar-refractivity contribution < 1.29 is 0 Å². The normalized spacial score (nSPS) is 12.1. The number of aromatic nitrogens is 1. The number of amidine groups is 1. The quantitative estimate of drug-likeness (QED) is 0.554. The highest BCUT2D eigenvalue weighted by atomic mass is 15.2. The summed E-state index contributed by atoms with van der Waals surface area (Å²) in [6.07, 6.45) is 1.75. The van der Waals surface area contributed by atoms with Gasteiger partial charge in [-0.25, -0.2) is 4.98 Å². The molecular formula is C10H16N4. The number of pyridine rings is 1. The molecule has 0 aliphatic carbocycles. The summed E-state index contributed by atoms with van der Waals surface area (Å²) >= 11 is 0. The number of nitrogens with one attached hydrogen (secondary N) is 1. The molecule has 1 rings (SSSR count).